The number of hydrogen-bond donors (Lipinski definition) is 1. The van der Waals surface area contributed by atoms with E-state index in [1.165, 1.54) is 11.3 Å². The Balaban J connectivity index is 2.04. The van der Waals surface area contributed by atoms with Crippen LogP contribution in [-0.4, -0.2) is 45.4 Å². The number of thioether (sulfide) groups is 1. The molecule has 0 aromatic carbocycles. The summed E-state index contributed by atoms with van der Waals surface area (Å²) in [5.74, 6) is 1.33. The van der Waals surface area contributed by atoms with Crippen LogP contribution in [-0.2, 0) is 4.79 Å². The van der Waals surface area contributed by atoms with E-state index in [-0.39, 0.29) is 17.9 Å². The van der Waals surface area contributed by atoms with Crippen LogP contribution in [0.15, 0.2) is 10.9 Å². The maximum atomic E-state index is 12.3. The lowest BCUT2D eigenvalue weighted by atomic mass is 10.1. The molecule has 1 aliphatic heterocycles. The van der Waals surface area contributed by atoms with Gasteiger partial charge in [-0.1, -0.05) is 13.8 Å². The Morgan fingerprint density at radius 3 is 2.80 bits per heavy atom. The van der Waals surface area contributed by atoms with E-state index in [4.69, 9.17) is 0 Å². The van der Waals surface area contributed by atoms with Gasteiger partial charge in [0.25, 0.3) is 5.91 Å². The Labute approximate surface area is 127 Å². The molecule has 0 radical (unpaired) electrons. The lowest BCUT2D eigenvalue weighted by molar-refractivity contribution is -0.125. The number of aromatic nitrogens is 1. The smallest absolute Gasteiger partial charge is 0.274 e. The summed E-state index contributed by atoms with van der Waals surface area (Å²) >= 11 is 2.98. The number of nitrogens with zero attached hydrogens (tertiary/aromatic N) is 2. The van der Waals surface area contributed by atoms with Crippen molar-refractivity contribution in [1.29, 1.82) is 0 Å². The van der Waals surface area contributed by atoms with Crippen molar-refractivity contribution in [2.24, 2.45) is 5.92 Å². The molecule has 1 aromatic heterocycles. The molecule has 0 spiro atoms. The van der Waals surface area contributed by atoms with Gasteiger partial charge in [-0.05, 0) is 12.8 Å². The third-order valence-electron chi connectivity index (χ3n) is 3.47. The fourth-order valence-electron chi connectivity index (χ4n) is 1.81. The number of thiazole rings is 1. The fourth-order valence-corrected chi connectivity index (χ4v) is 3.49. The second kappa shape index (κ2) is 6.58. The van der Waals surface area contributed by atoms with Crippen LogP contribution in [0.5, 0.6) is 0 Å². The molecule has 1 fully saturated rings. The molecule has 0 saturated carbocycles. The second-order valence-corrected chi connectivity index (χ2v) is 6.92. The summed E-state index contributed by atoms with van der Waals surface area (Å²) in [4.78, 5) is 30.3. The van der Waals surface area contributed by atoms with Crippen molar-refractivity contribution in [3.63, 3.8) is 0 Å². The maximum Gasteiger partial charge on any atom is 0.274 e. The number of nitrogens with one attached hydrogen (secondary N) is 1. The first kappa shape index (κ1) is 15.3. The van der Waals surface area contributed by atoms with Crippen LogP contribution in [0.1, 0.15) is 31.3 Å². The molecule has 5 nitrogen and oxygen atoms in total. The molecule has 2 rings (SSSR count). The van der Waals surface area contributed by atoms with Crippen molar-refractivity contribution in [3.8, 4) is 0 Å². The summed E-state index contributed by atoms with van der Waals surface area (Å²) in [5, 5.41) is 4.71. The zero-order valence-electron chi connectivity index (χ0n) is 11.8. The van der Waals surface area contributed by atoms with E-state index in [1.54, 1.807) is 27.6 Å². The SMILES string of the molecule is CC(C)C(C)NC(=O)C1CSCN1C(=O)c1cscn1. The average molecular weight is 313 g/mol. The zero-order chi connectivity index (χ0) is 14.7. The highest BCUT2D eigenvalue weighted by molar-refractivity contribution is 7.99. The molecule has 2 heterocycles. The normalized spacial score (nSPS) is 20.2. The van der Waals surface area contributed by atoms with Gasteiger partial charge in [-0.3, -0.25) is 9.59 Å². The molecule has 1 aromatic rings. The number of amides is 2. The number of hydrogen-bond acceptors (Lipinski definition) is 5. The maximum absolute atomic E-state index is 12.3. The van der Waals surface area contributed by atoms with E-state index in [2.05, 4.69) is 24.1 Å². The minimum absolute atomic E-state index is 0.0696. The summed E-state index contributed by atoms with van der Waals surface area (Å²) in [6, 6.07) is -0.292. The Bertz CT molecular complexity index is 476. The first-order valence-corrected chi connectivity index (χ1v) is 8.67. The van der Waals surface area contributed by atoms with E-state index >= 15 is 0 Å². The van der Waals surface area contributed by atoms with Gasteiger partial charge in [0.2, 0.25) is 5.91 Å². The van der Waals surface area contributed by atoms with Gasteiger partial charge < -0.3 is 10.2 Å². The highest BCUT2D eigenvalue weighted by Crippen LogP contribution is 2.23. The van der Waals surface area contributed by atoms with E-state index < -0.39 is 6.04 Å². The summed E-state index contributed by atoms with van der Waals surface area (Å²) in [6.07, 6.45) is 0. The van der Waals surface area contributed by atoms with Crippen LogP contribution in [0.3, 0.4) is 0 Å². The minimum atomic E-state index is -0.393. The standard InChI is InChI=1S/C13H19N3O2S2/c1-8(2)9(3)15-12(17)11-5-20-7-16(11)13(18)10-4-19-6-14-10/h4,6,8-9,11H,5,7H2,1-3H3,(H,15,17). The number of carbonyl (C=O) groups excluding carboxylic acids is 2. The first-order chi connectivity index (χ1) is 9.50. The molecule has 1 saturated heterocycles. The molecule has 20 heavy (non-hydrogen) atoms. The van der Waals surface area contributed by atoms with Crippen molar-refractivity contribution >= 4 is 34.9 Å². The van der Waals surface area contributed by atoms with Gasteiger partial charge in [-0.2, -0.15) is 0 Å². The topological polar surface area (TPSA) is 62.3 Å². The highest BCUT2D eigenvalue weighted by atomic mass is 32.2. The zero-order valence-corrected chi connectivity index (χ0v) is 13.5. The predicted octanol–water partition coefficient (Wildman–Crippen LogP) is 1.82. The van der Waals surface area contributed by atoms with Crippen molar-refractivity contribution in [2.45, 2.75) is 32.9 Å². The molecule has 1 aliphatic rings. The fraction of sp³-hybridized carbons (Fsp3) is 0.615. The van der Waals surface area contributed by atoms with Gasteiger partial charge in [-0.25, -0.2) is 4.98 Å². The van der Waals surface area contributed by atoms with Gasteiger partial charge in [0.1, 0.15) is 11.7 Å². The van der Waals surface area contributed by atoms with Crippen LogP contribution in [0.4, 0.5) is 0 Å². The Hall–Kier alpha value is -1.08. The van der Waals surface area contributed by atoms with E-state index in [0.29, 0.717) is 23.2 Å². The van der Waals surface area contributed by atoms with Crippen molar-refractivity contribution in [2.75, 3.05) is 11.6 Å². The monoisotopic (exact) mass is 313 g/mol. The summed E-state index contributed by atoms with van der Waals surface area (Å²) in [7, 11) is 0. The molecule has 2 unspecified atom stereocenters. The summed E-state index contributed by atoms with van der Waals surface area (Å²) in [6.45, 7) is 6.11. The third kappa shape index (κ3) is 3.32. The van der Waals surface area contributed by atoms with Gasteiger partial charge >= 0.3 is 0 Å². The lowest BCUT2D eigenvalue weighted by Gasteiger charge is -2.25. The quantitative estimate of drug-likeness (QED) is 0.921. The van der Waals surface area contributed by atoms with Crippen LogP contribution in [0.25, 0.3) is 0 Å². The van der Waals surface area contributed by atoms with Gasteiger partial charge in [-0.15, -0.1) is 23.1 Å². The molecule has 1 N–H and O–H groups in total. The first-order valence-electron chi connectivity index (χ1n) is 6.58. The minimum Gasteiger partial charge on any atom is -0.352 e. The number of rotatable bonds is 4. The second-order valence-electron chi connectivity index (χ2n) is 5.21. The van der Waals surface area contributed by atoms with Gasteiger partial charge in [0, 0.05) is 17.2 Å². The van der Waals surface area contributed by atoms with E-state index in [0.717, 1.165) is 0 Å². The van der Waals surface area contributed by atoms with Crippen molar-refractivity contribution in [1.82, 2.24) is 15.2 Å². The van der Waals surface area contributed by atoms with E-state index in [1.807, 2.05) is 6.92 Å². The van der Waals surface area contributed by atoms with Crippen LogP contribution >= 0.6 is 23.1 Å². The molecular formula is C13H19N3O2S2. The lowest BCUT2D eigenvalue weighted by Crippen LogP contribution is -2.50. The Morgan fingerprint density at radius 2 is 2.20 bits per heavy atom. The van der Waals surface area contributed by atoms with Crippen LogP contribution < -0.4 is 5.32 Å². The third-order valence-corrected chi connectivity index (χ3v) is 5.07. The molecule has 2 amide bonds. The molecule has 7 heteroatoms. The molecule has 0 aliphatic carbocycles. The molecule has 2 atom stereocenters. The predicted molar refractivity (Wildman–Crippen MR) is 81.8 cm³/mol. The summed E-state index contributed by atoms with van der Waals surface area (Å²) in [5.41, 5.74) is 2.05. The molecule has 0 bridgehead atoms. The molecule has 110 valence electrons. The van der Waals surface area contributed by atoms with Crippen molar-refractivity contribution < 1.29 is 9.59 Å². The van der Waals surface area contributed by atoms with Crippen molar-refractivity contribution in [3.05, 3.63) is 16.6 Å². The molecular weight excluding hydrogens is 294 g/mol. The summed E-state index contributed by atoms with van der Waals surface area (Å²) < 4.78 is 0. The van der Waals surface area contributed by atoms with Crippen LogP contribution in [0, 0.1) is 5.92 Å². The van der Waals surface area contributed by atoms with E-state index in [9.17, 15) is 9.59 Å². The Morgan fingerprint density at radius 1 is 1.45 bits per heavy atom. The van der Waals surface area contributed by atoms with Gasteiger partial charge in [0.05, 0.1) is 11.4 Å². The Kier molecular flexibility index (Phi) is 5.04. The van der Waals surface area contributed by atoms with Gasteiger partial charge in [0.15, 0.2) is 0 Å². The average Bonchev–Trinajstić information content (AvgIpc) is 3.08. The van der Waals surface area contributed by atoms with Crippen LogP contribution in [0.2, 0.25) is 0 Å². The largest absolute Gasteiger partial charge is 0.352 e. The number of carbonyl (C=O) groups is 2. The highest BCUT2D eigenvalue weighted by Gasteiger charge is 2.36.